The summed E-state index contributed by atoms with van der Waals surface area (Å²) in [6.45, 7) is 4.34. The van der Waals surface area contributed by atoms with Crippen molar-refractivity contribution >= 4 is 11.6 Å². The molecular formula is C17H15ClN2O2. The van der Waals surface area contributed by atoms with E-state index in [0.717, 1.165) is 11.3 Å². The molecule has 0 aliphatic rings. The van der Waals surface area contributed by atoms with Gasteiger partial charge in [-0.3, -0.25) is 0 Å². The van der Waals surface area contributed by atoms with Gasteiger partial charge in [0.2, 0.25) is 5.89 Å². The third kappa shape index (κ3) is 3.28. The van der Waals surface area contributed by atoms with Crippen molar-refractivity contribution < 1.29 is 9.15 Å². The van der Waals surface area contributed by atoms with Gasteiger partial charge in [0.05, 0.1) is 0 Å². The Hall–Kier alpha value is -2.33. The minimum Gasteiger partial charge on any atom is -0.484 e. The van der Waals surface area contributed by atoms with E-state index >= 15 is 0 Å². The quantitative estimate of drug-likeness (QED) is 0.707. The van der Waals surface area contributed by atoms with E-state index in [0.29, 0.717) is 16.8 Å². The van der Waals surface area contributed by atoms with Crippen LogP contribution in [0.25, 0.3) is 11.5 Å². The molecule has 4 nitrogen and oxygen atoms in total. The Kier molecular flexibility index (Phi) is 4.11. The number of nitrogens with zero attached hydrogens (tertiary/aromatic N) is 2. The lowest BCUT2D eigenvalue weighted by Crippen LogP contribution is -1.96. The van der Waals surface area contributed by atoms with E-state index in [9.17, 15) is 0 Å². The van der Waals surface area contributed by atoms with Crippen molar-refractivity contribution in [2.75, 3.05) is 0 Å². The fraction of sp³-hybridized carbons (Fsp3) is 0.176. The van der Waals surface area contributed by atoms with Gasteiger partial charge >= 0.3 is 0 Å². The summed E-state index contributed by atoms with van der Waals surface area (Å²) in [4.78, 5) is 0. The third-order valence-corrected chi connectivity index (χ3v) is 3.61. The molecule has 0 saturated heterocycles. The molecule has 112 valence electrons. The molecule has 0 saturated carbocycles. The molecule has 0 fully saturated rings. The van der Waals surface area contributed by atoms with Crippen molar-refractivity contribution in [3.05, 3.63) is 64.5 Å². The first-order valence-corrected chi connectivity index (χ1v) is 7.28. The lowest BCUT2D eigenvalue weighted by Gasteiger charge is -2.05. The molecule has 0 spiro atoms. The fourth-order valence-electron chi connectivity index (χ4n) is 2.00. The van der Waals surface area contributed by atoms with Gasteiger partial charge in [0.15, 0.2) is 6.61 Å². The van der Waals surface area contributed by atoms with Crippen LogP contribution in [0.3, 0.4) is 0 Å². The summed E-state index contributed by atoms with van der Waals surface area (Å²) in [5.74, 6) is 1.64. The average Bonchev–Trinajstić information content (AvgIpc) is 2.97. The number of ether oxygens (including phenoxy) is 1. The number of hydrogen-bond donors (Lipinski definition) is 0. The zero-order valence-electron chi connectivity index (χ0n) is 12.3. The molecule has 0 atom stereocenters. The highest BCUT2D eigenvalue weighted by Gasteiger charge is 2.09. The third-order valence-electron chi connectivity index (χ3n) is 3.38. The van der Waals surface area contributed by atoms with Crippen LogP contribution in [-0.2, 0) is 6.61 Å². The van der Waals surface area contributed by atoms with Crippen molar-refractivity contribution in [3.8, 4) is 17.2 Å². The van der Waals surface area contributed by atoms with Crippen molar-refractivity contribution in [1.29, 1.82) is 0 Å². The summed E-state index contributed by atoms with van der Waals surface area (Å²) in [5.41, 5.74) is 3.20. The van der Waals surface area contributed by atoms with Crippen LogP contribution in [0.5, 0.6) is 5.75 Å². The van der Waals surface area contributed by atoms with Crippen LogP contribution >= 0.6 is 11.6 Å². The van der Waals surface area contributed by atoms with Gasteiger partial charge in [0.25, 0.3) is 5.89 Å². The van der Waals surface area contributed by atoms with E-state index in [-0.39, 0.29) is 6.61 Å². The molecule has 0 N–H and O–H groups in total. The first kappa shape index (κ1) is 14.6. The molecular weight excluding hydrogens is 300 g/mol. The van der Waals surface area contributed by atoms with Crippen LogP contribution in [-0.4, -0.2) is 10.2 Å². The van der Waals surface area contributed by atoms with Gasteiger partial charge in [-0.1, -0.05) is 23.7 Å². The van der Waals surface area contributed by atoms with E-state index < -0.39 is 0 Å². The summed E-state index contributed by atoms with van der Waals surface area (Å²) >= 11 is 5.96. The molecule has 0 bridgehead atoms. The van der Waals surface area contributed by atoms with Gasteiger partial charge in [0.1, 0.15) is 5.75 Å². The van der Waals surface area contributed by atoms with Crippen LogP contribution in [0.15, 0.2) is 46.9 Å². The average molecular weight is 315 g/mol. The van der Waals surface area contributed by atoms with Crippen molar-refractivity contribution in [2.24, 2.45) is 0 Å². The molecule has 0 radical (unpaired) electrons. The Bertz CT molecular complexity index is 799. The number of aromatic nitrogens is 2. The lowest BCUT2D eigenvalue weighted by molar-refractivity contribution is 0.264. The van der Waals surface area contributed by atoms with Crippen LogP contribution in [0.2, 0.25) is 5.02 Å². The maximum Gasteiger partial charge on any atom is 0.254 e. The predicted octanol–water partition coefficient (Wildman–Crippen LogP) is 4.59. The fourth-order valence-corrected chi connectivity index (χ4v) is 2.19. The molecule has 3 rings (SSSR count). The molecule has 1 aromatic heterocycles. The minimum atomic E-state index is 0.232. The molecule has 2 aromatic carbocycles. The highest BCUT2D eigenvalue weighted by molar-refractivity contribution is 6.30. The second-order valence-electron chi connectivity index (χ2n) is 5.05. The van der Waals surface area contributed by atoms with Gasteiger partial charge in [-0.05, 0) is 55.3 Å². The first-order valence-electron chi connectivity index (χ1n) is 6.90. The zero-order valence-corrected chi connectivity index (χ0v) is 13.1. The van der Waals surface area contributed by atoms with Gasteiger partial charge in [0, 0.05) is 10.6 Å². The zero-order chi connectivity index (χ0) is 15.5. The first-order chi connectivity index (χ1) is 10.6. The second-order valence-corrected chi connectivity index (χ2v) is 5.48. The summed E-state index contributed by atoms with van der Waals surface area (Å²) in [6, 6.07) is 13.2. The van der Waals surface area contributed by atoms with E-state index in [1.165, 1.54) is 11.1 Å². The monoisotopic (exact) mass is 314 g/mol. The molecule has 0 unspecified atom stereocenters. The van der Waals surface area contributed by atoms with Gasteiger partial charge in [-0.2, -0.15) is 0 Å². The maximum absolute atomic E-state index is 5.96. The predicted molar refractivity (Wildman–Crippen MR) is 85.0 cm³/mol. The number of aryl methyl sites for hydroxylation is 2. The Labute approximate surface area is 133 Å². The van der Waals surface area contributed by atoms with Crippen LogP contribution < -0.4 is 4.74 Å². The summed E-state index contributed by atoms with van der Waals surface area (Å²) in [5, 5.41) is 8.64. The Morgan fingerprint density at radius 1 is 1.05 bits per heavy atom. The van der Waals surface area contributed by atoms with Crippen LogP contribution in [0.4, 0.5) is 0 Å². The molecule has 0 aliphatic carbocycles. The van der Waals surface area contributed by atoms with Crippen molar-refractivity contribution in [1.82, 2.24) is 10.2 Å². The topological polar surface area (TPSA) is 48.2 Å². The maximum atomic E-state index is 5.96. The van der Waals surface area contributed by atoms with Gasteiger partial charge < -0.3 is 9.15 Å². The lowest BCUT2D eigenvalue weighted by atomic mass is 10.1. The normalized spacial score (nSPS) is 10.7. The SMILES string of the molecule is Cc1ccc(OCc2nnc(-c3cccc(Cl)c3)o2)cc1C. The highest BCUT2D eigenvalue weighted by atomic mass is 35.5. The molecule has 22 heavy (non-hydrogen) atoms. The number of benzene rings is 2. The standard InChI is InChI=1S/C17H15ClN2O2/c1-11-6-7-15(8-12(11)2)21-10-16-19-20-17(22-16)13-4-3-5-14(18)9-13/h3-9H,10H2,1-2H3. The highest BCUT2D eigenvalue weighted by Crippen LogP contribution is 2.22. The Morgan fingerprint density at radius 2 is 1.91 bits per heavy atom. The summed E-state index contributed by atoms with van der Waals surface area (Å²) in [6.07, 6.45) is 0. The smallest absolute Gasteiger partial charge is 0.254 e. The Morgan fingerprint density at radius 3 is 2.68 bits per heavy atom. The molecule has 0 aliphatic heterocycles. The number of rotatable bonds is 4. The largest absolute Gasteiger partial charge is 0.484 e. The molecule has 5 heteroatoms. The molecule has 3 aromatic rings. The molecule has 1 heterocycles. The minimum absolute atomic E-state index is 0.232. The summed E-state index contributed by atoms with van der Waals surface area (Å²) < 4.78 is 11.3. The second kappa shape index (κ2) is 6.20. The number of halogens is 1. The van der Waals surface area contributed by atoms with Crippen molar-refractivity contribution in [2.45, 2.75) is 20.5 Å². The van der Waals surface area contributed by atoms with E-state index in [2.05, 4.69) is 17.1 Å². The van der Waals surface area contributed by atoms with Crippen LogP contribution in [0.1, 0.15) is 17.0 Å². The Balaban J connectivity index is 1.70. The summed E-state index contributed by atoms with van der Waals surface area (Å²) in [7, 11) is 0. The number of hydrogen-bond acceptors (Lipinski definition) is 4. The van der Waals surface area contributed by atoms with E-state index in [4.69, 9.17) is 20.8 Å². The molecule has 0 amide bonds. The van der Waals surface area contributed by atoms with Crippen LogP contribution in [0, 0.1) is 13.8 Å². The van der Waals surface area contributed by atoms with Gasteiger partial charge in [-0.25, -0.2) is 0 Å². The van der Waals surface area contributed by atoms with E-state index in [1.807, 2.05) is 37.3 Å². The van der Waals surface area contributed by atoms with Gasteiger partial charge in [-0.15, -0.1) is 10.2 Å². The van der Waals surface area contributed by atoms with Crippen molar-refractivity contribution in [3.63, 3.8) is 0 Å². The van der Waals surface area contributed by atoms with E-state index in [1.54, 1.807) is 12.1 Å².